The first-order chi connectivity index (χ1) is 16.0. The highest BCUT2D eigenvalue weighted by Gasteiger charge is 2.32. The number of hydrogen-bond acceptors (Lipinski definition) is 9. The Labute approximate surface area is 199 Å². The third-order valence-electron chi connectivity index (χ3n) is 4.63. The molecule has 14 nitrogen and oxygen atoms in total. The number of nitrogens with one attached hydrogen (secondary N) is 4. The minimum atomic E-state index is -1.70. The molecule has 1 aromatic heterocycles. The van der Waals surface area contributed by atoms with E-state index >= 15 is 0 Å². The van der Waals surface area contributed by atoms with Crippen LogP contribution in [-0.4, -0.2) is 97.2 Å². The summed E-state index contributed by atoms with van der Waals surface area (Å²) in [4.78, 5) is 66.6. The zero-order valence-electron chi connectivity index (χ0n) is 18.7. The first kappa shape index (κ1) is 28.9. The molecule has 0 saturated carbocycles. The molecule has 0 fully saturated rings. The SMILES string of the molecule is CSCCC(NC(=O)C(NC(=O)C(N)Cc1cnc[nH]1)C(C)O)C(=O)NC(CC(=O)O)C(=O)O. The Hall–Kier alpha value is -3.17. The predicted octanol–water partition coefficient (Wildman–Crippen LogP) is -2.57. The highest BCUT2D eigenvalue weighted by molar-refractivity contribution is 7.98. The van der Waals surface area contributed by atoms with Crippen LogP contribution in [-0.2, 0) is 30.4 Å². The Morgan fingerprint density at radius 2 is 1.74 bits per heavy atom. The number of nitrogens with zero attached hydrogens (tertiary/aromatic N) is 1. The third-order valence-corrected chi connectivity index (χ3v) is 5.27. The van der Waals surface area contributed by atoms with Gasteiger partial charge in [-0.15, -0.1) is 0 Å². The summed E-state index contributed by atoms with van der Waals surface area (Å²) in [6.07, 6.45) is 2.61. The Kier molecular flexibility index (Phi) is 12.0. The minimum absolute atomic E-state index is 0.0813. The zero-order chi connectivity index (χ0) is 25.8. The fourth-order valence-electron chi connectivity index (χ4n) is 2.80. The molecule has 0 bridgehead atoms. The number of aliphatic hydroxyl groups excluding tert-OH is 1. The van der Waals surface area contributed by atoms with Crippen molar-refractivity contribution >= 4 is 41.4 Å². The second kappa shape index (κ2) is 14.2. The van der Waals surface area contributed by atoms with E-state index in [4.69, 9.17) is 15.9 Å². The molecule has 0 radical (unpaired) electrons. The first-order valence-electron chi connectivity index (χ1n) is 10.2. The summed E-state index contributed by atoms with van der Waals surface area (Å²) in [6, 6.07) is -5.46. The van der Waals surface area contributed by atoms with Gasteiger partial charge in [-0.25, -0.2) is 9.78 Å². The molecule has 0 aliphatic rings. The lowest BCUT2D eigenvalue weighted by Gasteiger charge is -2.26. The highest BCUT2D eigenvalue weighted by atomic mass is 32.2. The zero-order valence-corrected chi connectivity index (χ0v) is 19.5. The number of aliphatic carboxylic acids is 2. The number of carboxylic acids is 2. The third kappa shape index (κ3) is 9.76. The summed E-state index contributed by atoms with van der Waals surface area (Å²) >= 11 is 1.36. The Morgan fingerprint density at radius 3 is 2.24 bits per heavy atom. The van der Waals surface area contributed by atoms with E-state index in [1.165, 1.54) is 31.2 Å². The fourth-order valence-corrected chi connectivity index (χ4v) is 3.28. The largest absolute Gasteiger partial charge is 0.481 e. The molecular weight excluding hydrogens is 472 g/mol. The maximum atomic E-state index is 12.8. The molecule has 3 amide bonds. The molecule has 9 N–H and O–H groups in total. The summed E-state index contributed by atoms with van der Waals surface area (Å²) in [5.41, 5.74) is 6.44. The van der Waals surface area contributed by atoms with Gasteiger partial charge in [0, 0.05) is 18.3 Å². The summed E-state index contributed by atoms with van der Waals surface area (Å²) in [5, 5.41) is 34.8. The normalized spacial score (nSPS) is 15.3. The van der Waals surface area contributed by atoms with Crippen molar-refractivity contribution in [2.75, 3.05) is 12.0 Å². The van der Waals surface area contributed by atoms with Crippen LogP contribution in [0.5, 0.6) is 0 Å². The van der Waals surface area contributed by atoms with Crippen LogP contribution in [0.1, 0.15) is 25.5 Å². The molecule has 0 saturated heterocycles. The van der Waals surface area contributed by atoms with Gasteiger partial charge in [0.15, 0.2) is 0 Å². The number of aliphatic hydroxyl groups is 1. The molecule has 190 valence electrons. The number of carbonyl (C=O) groups excluding carboxylic acids is 3. The van der Waals surface area contributed by atoms with Gasteiger partial charge < -0.3 is 42.0 Å². The molecule has 1 aromatic rings. The molecule has 0 aliphatic carbocycles. The van der Waals surface area contributed by atoms with Crippen LogP contribution in [0.3, 0.4) is 0 Å². The maximum Gasteiger partial charge on any atom is 0.326 e. The Morgan fingerprint density at radius 1 is 1.09 bits per heavy atom. The van der Waals surface area contributed by atoms with E-state index in [1.54, 1.807) is 6.26 Å². The molecule has 34 heavy (non-hydrogen) atoms. The molecule has 0 spiro atoms. The number of thioether (sulfide) groups is 1. The molecule has 1 rings (SSSR count). The predicted molar refractivity (Wildman–Crippen MR) is 121 cm³/mol. The first-order valence-corrected chi connectivity index (χ1v) is 11.6. The number of aromatic amines is 1. The number of rotatable bonds is 15. The minimum Gasteiger partial charge on any atom is -0.481 e. The van der Waals surface area contributed by atoms with Gasteiger partial charge in [-0.3, -0.25) is 19.2 Å². The molecule has 1 heterocycles. The van der Waals surface area contributed by atoms with Crippen LogP contribution in [0.4, 0.5) is 0 Å². The molecule has 0 aromatic carbocycles. The van der Waals surface area contributed by atoms with Gasteiger partial charge >= 0.3 is 11.9 Å². The van der Waals surface area contributed by atoms with Crippen LogP contribution in [0.2, 0.25) is 0 Å². The number of carboxylic acid groups (broad SMARTS) is 2. The van der Waals surface area contributed by atoms with Gasteiger partial charge in [0.2, 0.25) is 17.7 Å². The van der Waals surface area contributed by atoms with E-state index in [2.05, 4.69) is 25.9 Å². The maximum absolute atomic E-state index is 12.8. The van der Waals surface area contributed by atoms with Crippen LogP contribution >= 0.6 is 11.8 Å². The number of imidazole rings is 1. The molecule has 5 unspecified atom stereocenters. The molecule has 15 heteroatoms. The molecule has 5 atom stereocenters. The standard InChI is InChI=1S/C19H30N6O8S/c1-9(26)15(25-16(29)11(20)5-10-7-21-8-22-10)18(31)23-12(3-4-34-2)17(30)24-13(19(32)33)6-14(27)28/h7-9,11-13,15,26H,3-6,20H2,1-2H3,(H,21,22)(H,23,31)(H,24,30)(H,25,29)(H,27,28)(H,32,33). The lowest BCUT2D eigenvalue weighted by Crippen LogP contribution is -2.60. The van der Waals surface area contributed by atoms with Crippen molar-refractivity contribution in [1.82, 2.24) is 25.9 Å². The van der Waals surface area contributed by atoms with Crippen LogP contribution in [0.15, 0.2) is 12.5 Å². The van der Waals surface area contributed by atoms with Gasteiger partial charge in [-0.2, -0.15) is 11.8 Å². The average molecular weight is 503 g/mol. The van der Waals surface area contributed by atoms with Gasteiger partial charge in [0.05, 0.1) is 24.9 Å². The average Bonchev–Trinajstić information content (AvgIpc) is 3.26. The van der Waals surface area contributed by atoms with Crippen LogP contribution in [0.25, 0.3) is 0 Å². The van der Waals surface area contributed by atoms with Crippen LogP contribution < -0.4 is 21.7 Å². The lowest BCUT2D eigenvalue weighted by molar-refractivity contribution is -0.147. The number of H-pyrrole nitrogens is 1. The van der Waals surface area contributed by atoms with Gasteiger partial charge in [0.25, 0.3) is 0 Å². The monoisotopic (exact) mass is 502 g/mol. The number of nitrogens with two attached hydrogens (primary N) is 1. The van der Waals surface area contributed by atoms with E-state index in [-0.39, 0.29) is 12.8 Å². The molecule has 0 aliphatic heterocycles. The number of aromatic nitrogens is 2. The van der Waals surface area contributed by atoms with Crippen molar-refractivity contribution < 1.29 is 39.3 Å². The lowest BCUT2D eigenvalue weighted by atomic mass is 10.1. The second-order valence-corrected chi connectivity index (χ2v) is 8.44. The quantitative estimate of drug-likeness (QED) is 0.124. The van der Waals surface area contributed by atoms with Gasteiger partial charge in [0.1, 0.15) is 18.1 Å². The van der Waals surface area contributed by atoms with Crippen molar-refractivity contribution in [2.24, 2.45) is 5.73 Å². The van der Waals surface area contributed by atoms with E-state index in [1.807, 2.05) is 0 Å². The van der Waals surface area contributed by atoms with Crippen LogP contribution in [0, 0.1) is 0 Å². The summed E-state index contributed by atoms with van der Waals surface area (Å²) < 4.78 is 0. The van der Waals surface area contributed by atoms with Crippen molar-refractivity contribution in [3.63, 3.8) is 0 Å². The fraction of sp³-hybridized carbons (Fsp3) is 0.579. The van der Waals surface area contributed by atoms with E-state index in [0.717, 1.165) is 0 Å². The van der Waals surface area contributed by atoms with E-state index < -0.39 is 66.4 Å². The molecular formula is C19H30N6O8S. The topological polar surface area (TPSA) is 237 Å². The summed E-state index contributed by atoms with van der Waals surface area (Å²) in [6.45, 7) is 1.26. The van der Waals surface area contributed by atoms with Gasteiger partial charge in [-0.1, -0.05) is 0 Å². The van der Waals surface area contributed by atoms with Gasteiger partial charge in [-0.05, 0) is 25.4 Å². The van der Waals surface area contributed by atoms with Crippen molar-refractivity contribution in [3.05, 3.63) is 18.2 Å². The summed E-state index contributed by atoms with van der Waals surface area (Å²) in [5.74, 6) is -5.12. The van der Waals surface area contributed by atoms with Crippen molar-refractivity contribution in [3.8, 4) is 0 Å². The number of amides is 3. The number of carbonyl (C=O) groups is 5. The second-order valence-electron chi connectivity index (χ2n) is 7.45. The van der Waals surface area contributed by atoms with E-state index in [9.17, 15) is 29.1 Å². The smallest absolute Gasteiger partial charge is 0.326 e. The highest BCUT2D eigenvalue weighted by Crippen LogP contribution is 2.05. The Balaban J connectivity index is 2.89. The summed E-state index contributed by atoms with van der Waals surface area (Å²) in [7, 11) is 0. The van der Waals surface area contributed by atoms with Crippen molar-refractivity contribution in [1.29, 1.82) is 0 Å². The number of hydrogen-bond donors (Lipinski definition) is 8. The van der Waals surface area contributed by atoms with Crippen molar-refractivity contribution in [2.45, 2.75) is 56.5 Å². The van der Waals surface area contributed by atoms with E-state index in [0.29, 0.717) is 11.4 Å². The Bertz CT molecular complexity index is 850.